The van der Waals surface area contributed by atoms with Crippen molar-refractivity contribution in [1.29, 1.82) is 0 Å². The zero-order chi connectivity index (χ0) is 11.3. The summed E-state index contributed by atoms with van der Waals surface area (Å²) in [6.45, 7) is 2.02. The van der Waals surface area contributed by atoms with Crippen molar-refractivity contribution in [3.63, 3.8) is 0 Å². The molecule has 0 aliphatic carbocycles. The average Bonchev–Trinajstić information content (AvgIpc) is 2.26. The van der Waals surface area contributed by atoms with Crippen molar-refractivity contribution in [2.75, 3.05) is 0 Å². The van der Waals surface area contributed by atoms with Gasteiger partial charge >= 0.3 is 0 Å². The molecule has 0 amide bonds. The highest BCUT2D eigenvalue weighted by molar-refractivity contribution is 5.39. The number of rotatable bonds is 5. The van der Waals surface area contributed by atoms with E-state index in [2.05, 4.69) is 0 Å². The van der Waals surface area contributed by atoms with Crippen LogP contribution >= 0.6 is 0 Å². The smallest absolute Gasteiger partial charge is 0.272 e. The molecule has 0 aromatic heterocycles. The first-order chi connectivity index (χ1) is 7.15. The van der Waals surface area contributed by atoms with Gasteiger partial charge in [0.2, 0.25) is 0 Å². The van der Waals surface area contributed by atoms with Crippen molar-refractivity contribution in [3.8, 4) is 0 Å². The minimum atomic E-state index is -0.340. The first-order valence-corrected chi connectivity index (χ1v) is 5.13. The molecule has 0 heterocycles. The molecule has 1 aromatic rings. The first kappa shape index (κ1) is 11.7. The molecule has 0 aliphatic heterocycles. The molecule has 4 nitrogen and oxygen atoms in total. The molecule has 0 spiro atoms. The van der Waals surface area contributed by atoms with Crippen molar-refractivity contribution in [2.45, 2.75) is 32.2 Å². The lowest BCUT2D eigenvalue weighted by atomic mass is 10.0. The van der Waals surface area contributed by atoms with Crippen LogP contribution < -0.4 is 5.73 Å². The van der Waals surface area contributed by atoms with Crippen LogP contribution in [0.3, 0.4) is 0 Å². The zero-order valence-electron chi connectivity index (χ0n) is 8.85. The number of hydrogen-bond donors (Lipinski definition) is 1. The molecular formula is C11H16N2O2. The quantitative estimate of drug-likeness (QED) is 0.596. The Balaban J connectivity index is 2.72. The Morgan fingerprint density at radius 3 is 2.73 bits per heavy atom. The highest BCUT2D eigenvalue weighted by Gasteiger charge is 2.12. The maximum absolute atomic E-state index is 10.7. The molecule has 0 saturated carbocycles. The second kappa shape index (κ2) is 5.46. The molecule has 1 atom stereocenters. The fourth-order valence-electron chi connectivity index (χ4n) is 1.45. The summed E-state index contributed by atoms with van der Waals surface area (Å²) in [6.07, 6.45) is 2.37. The van der Waals surface area contributed by atoms with Crippen LogP contribution in [-0.4, -0.2) is 11.0 Å². The van der Waals surface area contributed by atoms with Gasteiger partial charge in [0.25, 0.3) is 5.69 Å². The van der Waals surface area contributed by atoms with Gasteiger partial charge in [-0.05, 0) is 19.3 Å². The Bertz CT molecular complexity index is 339. The molecule has 0 bridgehead atoms. The maximum Gasteiger partial charge on any atom is 0.272 e. The van der Waals surface area contributed by atoms with Crippen LogP contribution in [0.2, 0.25) is 0 Å². The molecular weight excluding hydrogens is 192 g/mol. The summed E-state index contributed by atoms with van der Waals surface area (Å²) in [6, 6.07) is 6.96. The molecule has 2 N–H and O–H groups in total. The molecule has 4 heteroatoms. The van der Waals surface area contributed by atoms with E-state index >= 15 is 0 Å². The highest BCUT2D eigenvalue weighted by Crippen LogP contribution is 2.19. The van der Waals surface area contributed by atoms with E-state index in [4.69, 9.17) is 5.73 Å². The number of benzene rings is 1. The van der Waals surface area contributed by atoms with Gasteiger partial charge in [0.1, 0.15) is 0 Å². The summed E-state index contributed by atoms with van der Waals surface area (Å²) in [4.78, 5) is 10.4. The van der Waals surface area contributed by atoms with Crippen LogP contribution in [0.4, 0.5) is 5.69 Å². The molecule has 1 unspecified atom stereocenters. The van der Waals surface area contributed by atoms with Crippen molar-refractivity contribution in [1.82, 2.24) is 0 Å². The fourth-order valence-corrected chi connectivity index (χ4v) is 1.45. The third-order valence-corrected chi connectivity index (χ3v) is 2.50. The minimum absolute atomic E-state index is 0.129. The monoisotopic (exact) mass is 208 g/mol. The van der Waals surface area contributed by atoms with E-state index in [9.17, 15) is 10.1 Å². The normalized spacial score (nSPS) is 12.4. The van der Waals surface area contributed by atoms with Gasteiger partial charge in [0.15, 0.2) is 0 Å². The summed E-state index contributed by atoms with van der Waals surface area (Å²) in [7, 11) is 0. The lowest BCUT2D eigenvalue weighted by Gasteiger charge is -2.08. The van der Waals surface area contributed by atoms with E-state index in [-0.39, 0.29) is 16.7 Å². The van der Waals surface area contributed by atoms with E-state index in [1.807, 2.05) is 13.0 Å². The summed E-state index contributed by atoms with van der Waals surface area (Å²) in [5, 5.41) is 10.7. The van der Waals surface area contributed by atoms with Gasteiger partial charge in [0, 0.05) is 17.7 Å². The number of aryl methyl sites for hydroxylation is 1. The molecule has 0 fully saturated rings. The standard InChI is InChI=1S/C11H16N2O2/c1-2-10(12)8-7-9-5-3-4-6-11(9)13(14)15/h3-6,10H,2,7-8,12H2,1H3. The van der Waals surface area contributed by atoms with Crippen molar-refractivity contribution in [3.05, 3.63) is 39.9 Å². The van der Waals surface area contributed by atoms with Crippen molar-refractivity contribution >= 4 is 5.69 Å². The third-order valence-electron chi connectivity index (χ3n) is 2.50. The molecule has 1 rings (SSSR count). The SMILES string of the molecule is CCC(N)CCc1ccccc1[N+](=O)[O-]. The number of nitro benzene ring substituents is 1. The van der Waals surface area contributed by atoms with Crippen LogP contribution in [0.1, 0.15) is 25.3 Å². The number of nitrogens with two attached hydrogens (primary N) is 1. The van der Waals surface area contributed by atoms with Crippen LogP contribution in [-0.2, 0) is 6.42 Å². The van der Waals surface area contributed by atoms with Gasteiger partial charge in [-0.1, -0.05) is 25.1 Å². The molecule has 1 aromatic carbocycles. The Kier molecular flexibility index (Phi) is 4.24. The minimum Gasteiger partial charge on any atom is -0.328 e. The summed E-state index contributed by atoms with van der Waals surface area (Å²) < 4.78 is 0. The highest BCUT2D eigenvalue weighted by atomic mass is 16.6. The van der Waals surface area contributed by atoms with E-state index < -0.39 is 0 Å². The van der Waals surface area contributed by atoms with Gasteiger partial charge in [-0.3, -0.25) is 10.1 Å². The fraction of sp³-hybridized carbons (Fsp3) is 0.455. The zero-order valence-corrected chi connectivity index (χ0v) is 8.85. The lowest BCUT2D eigenvalue weighted by molar-refractivity contribution is -0.385. The predicted molar refractivity (Wildman–Crippen MR) is 59.7 cm³/mol. The van der Waals surface area contributed by atoms with E-state index in [1.165, 1.54) is 6.07 Å². The lowest BCUT2D eigenvalue weighted by Crippen LogP contribution is -2.19. The van der Waals surface area contributed by atoms with Crippen molar-refractivity contribution in [2.24, 2.45) is 5.73 Å². The Morgan fingerprint density at radius 2 is 2.13 bits per heavy atom. The number of nitro groups is 1. The summed E-state index contributed by atoms with van der Waals surface area (Å²) in [5.74, 6) is 0. The second-order valence-electron chi connectivity index (χ2n) is 3.59. The Hall–Kier alpha value is -1.42. The maximum atomic E-state index is 10.7. The van der Waals surface area contributed by atoms with Crippen LogP contribution in [0, 0.1) is 10.1 Å². The van der Waals surface area contributed by atoms with Gasteiger partial charge < -0.3 is 5.73 Å². The molecule has 0 radical (unpaired) electrons. The van der Waals surface area contributed by atoms with Crippen LogP contribution in [0.5, 0.6) is 0 Å². The van der Waals surface area contributed by atoms with Gasteiger partial charge in [-0.2, -0.15) is 0 Å². The molecule has 0 saturated heterocycles. The third kappa shape index (κ3) is 3.32. The van der Waals surface area contributed by atoms with Gasteiger partial charge in [-0.15, -0.1) is 0 Å². The average molecular weight is 208 g/mol. The first-order valence-electron chi connectivity index (χ1n) is 5.13. The molecule has 82 valence electrons. The van der Waals surface area contributed by atoms with Crippen molar-refractivity contribution < 1.29 is 4.92 Å². The van der Waals surface area contributed by atoms with Gasteiger partial charge in [-0.25, -0.2) is 0 Å². The van der Waals surface area contributed by atoms with Crippen LogP contribution in [0.25, 0.3) is 0 Å². The molecule has 0 aliphatic rings. The van der Waals surface area contributed by atoms with E-state index in [0.717, 1.165) is 18.4 Å². The second-order valence-corrected chi connectivity index (χ2v) is 3.59. The van der Waals surface area contributed by atoms with Gasteiger partial charge in [0.05, 0.1) is 4.92 Å². The Morgan fingerprint density at radius 1 is 1.47 bits per heavy atom. The number of nitrogens with zero attached hydrogens (tertiary/aromatic N) is 1. The predicted octanol–water partition coefficient (Wildman–Crippen LogP) is 2.26. The topological polar surface area (TPSA) is 69.2 Å². The number of para-hydroxylation sites is 1. The largest absolute Gasteiger partial charge is 0.328 e. The number of hydrogen-bond acceptors (Lipinski definition) is 3. The van der Waals surface area contributed by atoms with E-state index in [1.54, 1.807) is 12.1 Å². The van der Waals surface area contributed by atoms with E-state index in [0.29, 0.717) is 6.42 Å². The summed E-state index contributed by atoms with van der Waals surface area (Å²) in [5.41, 5.74) is 6.74. The summed E-state index contributed by atoms with van der Waals surface area (Å²) >= 11 is 0. The Labute approximate surface area is 89.2 Å². The molecule has 15 heavy (non-hydrogen) atoms. The van der Waals surface area contributed by atoms with Crippen LogP contribution in [0.15, 0.2) is 24.3 Å².